The summed E-state index contributed by atoms with van der Waals surface area (Å²) in [6.45, 7) is 0. The van der Waals surface area contributed by atoms with Crippen molar-refractivity contribution in [3.05, 3.63) is 0 Å². The van der Waals surface area contributed by atoms with Crippen molar-refractivity contribution in [3.63, 3.8) is 0 Å². The van der Waals surface area contributed by atoms with Crippen molar-refractivity contribution in [2.24, 2.45) is 0 Å². The van der Waals surface area contributed by atoms with E-state index in [2.05, 4.69) is 0 Å². The predicted molar refractivity (Wildman–Crippen MR) is 57.4 cm³/mol. The van der Waals surface area contributed by atoms with Crippen molar-refractivity contribution >= 4 is 8.58 Å². The van der Waals surface area contributed by atoms with Gasteiger partial charge in [0.25, 0.3) is 0 Å². The Morgan fingerprint density at radius 2 is 1.08 bits per heavy atom. The number of hydrogen-bond acceptors (Lipinski definition) is 0. The van der Waals surface area contributed by atoms with E-state index < -0.39 is 0 Å². The van der Waals surface area contributed by atoms with Gasteiger partial charge in [-0.25, -0.2) is 0 Å². The highest BCUT2D eigenvalue weighted by Gasteiger charge is 2.25. The van der Waals surface area contributed by atoms with Gasteiger partial charge in [-0.3, -0.25) is 0 Å². The number of rotatable bonds is 2. The molecule has 70 valence electrons. The fourth-order valence-corrected chi connectivity index (χ4v) is 4.11. The minimum absolute atomic E-state index is 1.15. The van der Waals surface area contributed by atoms with Crippen molar-refractivity contribution in [2.75, 3.05) is 0 Å². The fraction of sp³-hybridized carbons (Fsp3) is 1.00. The van der Waals surface area contributed by atoms with Gasteiger partial charge in [0, 0.05) is 0 Å². The third-order valence-corrected chi connectivity index (χ3v) is 5.25. The summed E-state index contributed by atoms with van der Waals surface area (Å²) in [6, 6.07) is 0. The monoisotopic (exact) mass is 184 g/mol. The van der Waals surface area contributed by atoms with Crippen LogP contribution in [-0.2, 0) is 0 Å². The van der Waals surface area contributed by atoms with Gasteiger partial charge in [0.05, 0.1) is 0 Å². The fourth-order valence-electron chi connectivity index (χ4n) is 2.21. The molecule has 2 fully saturated rings. The van der Waals surface area contributed by atoms with E-state index in [1.54, 1.807) is 25.7 Å². The third kappa shape index (κ3) is 3.05. The molecule has 0 aromatic heterocycles. The Labute approximate surface area is 78.3 Å². The molecule has 0 bridgehead atoms. The van der Waals surface area contributed by atoms with Crippen LogP contribution in [0.15, 0.2) is 0 Å². The van der Waals surface area contributed by atoms with Crippen LogP contribution in [0, 0.1) is 0 Å². The van der Waals surface area contributed by atoms with Gasteiger partial charge in [-0.05, 0) is 37.0 Å². The first-order valence-corrected chi connectivity index (χ1v) is 6.87. The zero-order chi connectivity index (χ0) is 8.23. The molecule has 1 unspecified atom stereocenters. The van der Waals surface area contributed by atoms with Crippen molar-refractivity contribution in [1.29, 1.82) is 0 Å². The van der Waals surface area contributed by atoms with Crippen LogP contribution in [0.2, 0.25) is 0 Å². The molecule has 0 saturated heterocycles. The molecule has 2 aliphatic rings. The molecule has 2 aliphatic carbocycles. The van der Waals surface area contributed by atoms with Gasteiger partial charge in [-0.2, -0.15) is 0 Å². The molecule has 0 spiro atoms. The van der Waals surface area contributed by atoms with Crippen LogP contribution in [0.5, 0.6) is 0 Å². The lowest BCUT2D eigenvalue weighted by Crippen LogP contribution is -2.04. The molecule has 0 nitrogen and oxygen atoms in total. The Bertz CT molecular complexity index is 121. The topological polar surface area (TPSA) is 0 Å². The maximum atomic E-state index is 1.56. The molecule has 2 saturated carbocycles. The smallest absolute Gasteiger partial charge is 0.0234 e. The Kier molecular flexibility index (Phi) is 3.46. The van der Waals surface area contributed by atoms with Crippen LogP contribution in [0.4, 0.5) is 0 Å². The first-order chi connectivity index (χ1) is 5.95. The SMILES string of the molecule is C1CCCC(PC2CC2)CCC1. The van der Waals surface area contributed by atoms with Crippen molar-refractivity contribution in [1.82, 2.24) is 0 Å². The minimum atomic E-state index is 1.15. The zero-order valence-electron chi connectivity index (χ0n) is 8.02. The molecule has 1 atom stereocenters. The van der Waals surface area contributed by atoms with E-state index in [1.165, 1.54) is 46.3 Å². The second kappa shape index (κ2) is 4.61. The van der Waals surface area contributed by atoms with E-state index in [4.69, 9.17) is 0 Å². The van der Waals surface area contributed by atoms with E-state index >= 15 is 0 Å². The average molecular weight is 184 g/mol. The van der Waals surface area contributed by atoms with Gasteiger partial charge in [0.2, 0.25) is 0 Å². The number of hydrogen-bond donors (Lipinski definition) is 0. The van der Waals surface area contributed by atoms with Gasteiger partial charge in [-0.15, -0.1) is 8.58 Å². The Balaban J connectivity index is 1.69. The largest absolute Gasteiger partial charge is 0.116 e. The van der Waals surface area contributed by atoms with Crippen LogP contribution in [-0.4, -0.2) is 11.3 Å². The summed E-state index contributed by atoms with van der Waals surface area (Å²) < 4.78 is 0. The van der Waals surface area contributed by atoms with Crippen molar-refractivity contribution < 1.29 is 0 Å². The maximum absolute atomic E-state index is 1.56. The summed E-state index contributed by atoms with van der Waals surface area (Å²) in [5, 5.41) is 0. The molecule has 0 aliphatic heterocycles. The maximum Gasteiger partial charge on any atom is -0.0234 e. The van der Waals surface area contributed by atoms with Gasteiger partial charge < -0.3 is 0 Å². The first kappa shape index (κ1) is 9.00. The van der Waals surface area contributed by atoms with E-state index in [0.29, 0.717) is 0 Å². The zero-order valence-corrected chi connectivity index (χ0v) is 9.02. The quantitative estimate of drug-likeness (QED) is 0.570. The molecule has 12 heavy (non-hydrogen) atoms. The van der Waals surface area contributed by atoms with Crippen LogP contribution >= 0.6 is 8.58 Å². The summed E-state index contributed by atoms with van der Waals surface area (Å²) in [5.41, 5.74) is 2.34. The molecule has 0 aromatic rings. The standard InChI is InChI=1S/C11H21P/c1-2-4-6-10(7-5-3-1)12-11-8-9-11/h10-12H,1-9H2. The lowest BCUT2D eigenvalue weighted by atomic mass is 10.0. The summed E-state index contributed by atoms with van der Waals surface area (Å²) >= 11 is 0. The Morgan fingerprint density at radius 1 is 0.583 bits per heavy atom. The van der Waals surface area contributed by atoms with E-state index in [9.17, 15) is 0 Å². The van der Waals surface area contributed by atoms with Crippen LogP contribution in [0.3, 0.4) is 0 Å². The Morgan fingerprint density at radius 3 is 1.67 bits per heavy atom. The molecule has 0 radical (unpaired) electrons. The lowest BCUT2D eigenvalue weighted by molar-refractivity contribution is 0.511. The van der Waals surface area contributed by atoms with E-state index in [1.807, 2.05) is 0 Å². The first-order valence-electron chi connectivity index (χ1n) is 5.71. The molecule has 0 aromatic carbocycles. The van der Waals surface area contributed by atoms with Crippen LogP contribution in [0.1, 0.15) is 57.8 Å². The lowest BCUT2D eigenvalue weighted by Gasteiger charge is -2.19. The normalized spacial score (nSPS) is 29.0. The van der Waals surface area contributed by atoms with Gasteiger partial charge in [0.1, 0.15) is 0 Å². The van der Waals surface area contributed by atoms with Gasteiger partial charge in [-0.1, -0.05) is 32.1 Å². The van der Waals surface area contributed by atoms with E-state index in [-0.39, 0.29) is 0 Å². The van der Waals surface area contributed by atoms with E-state index in [0.717, 1.165) is 5.66 Å². The highest BCUT2D eigenvalue weighted by atomic mass is 31.1. The molecule has 1 heteroatoms. The summed E-state index contributed by atoms with van der Waals surface area (Å²) in [6.07, 6.45) is 13.9. The molecular weight excluding hydrogens is 163 g/mol. The summed E-state index contributed by atoms with van der Waals surface area (Å²) in [7, 11) is 1.34. The average Bonchev–Trinajstić information content (AvgIpc) is 2.78. The Hall–Kier alpha value is 0.430. The molecule has 2 rings (SSSR count). The highest BCUT2D eigenvalue weighted by molar-refractivity contribution is 7.40. The van der Waals surface area contributed by atoms with Gasteiger partial charge >= 0.3 is 0 Å². The summed E-state index contributed by atoms with van der Waals surface area (Å²) in [4.78, 5) is 0. The highest BCUT2D eigenvalue weighted by Crippen LogP contribution is 2.45. The summed E-state index contributed by atoms with van der Waals surface area (Å²) in [5.74, 6) is 0. The molecule has 0 amide bonds. The van der Waals surface area contributed by atoms with Gasteiger partial charge in [0.15, 0.2) is 0 Å². The van der Waals surface area contributed by atoms with Crippen molar-refractivity contribution in [3.8, 4) is 0 Å². The minimum Gasteiger partial charge on any atom is -0.116 e. The van der Waals surface area contributed by atoms with Crippen molar-refractivity contribution in [2.45, 2.75) is 69.1 Å². The molecular formula is C11H21P. The molecule has 0 heterocycles. The predicted octanol–water partition coefficient (Wildman–Crippen LogP) is 3.94. The molecule has 0 N–H and O–H groups in total. The van der Waals surface area contributed by atoms with Crippen LogP contribution in [0.25, 0.3) is 0 Å². The van der Waals surface area contributed by atoms with Crippen LogP contribution < -0.4 is 0 Å². The second-order valence-corrected chi connectivity index (χ2v) is 6.45. The third-order valence-electron chi connectivity index (χ3n) is 3.15. The second-order valence-electron chi connectivity index (χ2n) is 4.48.